The third-order valence-electron chi connectivity index (χ3n) is 2.08. The number of hydrogen-bond donors (Lipinski definition) is 2. The molecule has 106 valence electrons. The van der Waals surface area contributed by atoms with Crippen molar-refractivity contribution in [3.63, 3.8) is 0 Å². The van der Waals surface area contributed by atoms with Gasteiger partial charge in [-0.15, -0.1) is 4.91 Å². The van der Waals surface area contributed by atoms with Crippen molar-refractivity contribution in [2.24, 2.45) is 5.34 Å². The molecule has 0 radical (unpaired) electrons. The van der Waals surface area contributed by atoms with Crippen LogP contribution in [0.25, 0.3) is 0 Å². The monoisotopic (exact) mass is 296 g/mol. The zero-order valence-electron chi connectivity index (χ0n) is 10.2. The zero-order chi connectivity index (χ0) is 15.0. The summed E-state index contributed by atoms with van der Waals surface area (Å²) in [5.41, 5.74) is 5.32. The van der Waals surface area contributed by atoms with Gasteiger partial charge < -0.3 is 10.6 Å². The van der Waals surface area contributed by atoms with Crippen LogP contribution in [0.5, 0.6) is 5.75 Å². The molecule has 7 nitrogen and oxygen atoms in total. The number of benzene rings is 2. The molecule has 20 heavy (non-hydrogen) atoms. The largest absolute Gasteiger partial charge is 0.398 e. The number of nitrogen functional groups attached to an aromatic ring is 1. The maximum atomic E-state index is 10.5. The summed E-state index contributed by atoms with van der Waals surface area (Å²) in [7, 11) is -4.16. The van der Waals surface area contributed by atoms with Gasteiger partial charge in [0.15, 0.2) is 11.1 Å². The van der Waals surface area contributed by atoms with Crippen molar-refractivity contribution in [3.05, 3.63) is 59.5 Å². The van der Waals surface area contributed by atoms with E-state index in [9.17, 15) is 13.3 Å². The lowest BCUT2D eigenvalue weighted by molar-refractivity contribution is 0.335. The van der Waals surface area contributed by atoms with Crippen molar-refractivity contribution in [2.75, 3.05) is 5.73 Å². The lowest BCUT2D eigenvalue weighted by Gasteiger charge is -1.98. The first-order chi connectivity index (χ1) is 9.45. The number of para-hydroxylation sites is 2. The summed E-state index contributed by atoms with van der Waals surface area (Å²) in [5, 5.41) is 2.26. The number of hydrogen-bond acceptors (Lipinski definition) is 6. The summed E-state index contributed by atoms with van der Waals surface area (Å²) in [4.78, 5) is 13.5. The molecule has 0 heterocycles. The van der Waals surface area contributed by atoms with Crippen LogP contribution in [-0.4, -0.2) is 13.0 Å². The Hall–Kier alpha value is -2.45. The number of rotatable bonds is 3. The average Bonchev–Trinajstić information content (AvgIpc) is 2.40. The number of anilines is 1. The van der Waals surface area contributed by atoms with E-state index in [1.807, 2.05) is 6.07 Å². The smallest absolute Gasteiger partial charge is 0.296 e. The van der Waals surface area contributed by atoms with Crippen LogP contribution in [-0.2, 0) is 10.1 Å². The average molecular weight is 296 g/mol. The highest BCUT2D eigenvalue weighted by Crippen LogP contribution is 2.15. The van der Waals surface area contributed by atoms with Crippen LogP contribution in [0.2, 0.25) is 0 Å². The van der Waals surface area contributed by atoms with Gasteiger partial charge in [0.1, 0.15) is 4.90 Å². The highest BCUT2D eigenvalue weighted by Gasteiger charge is 2.11. The third-order valence-corrected chi connectivity index (χ3v) is 3.01. The van der Waals surface area contributed by atoms with Gasteiger partial charge in [-0.25, -0.2) is 0 Å². The molecule has 0 aliphatic rings. The molecular formula is C12H12N2O5S. The van der Waals surface area contributed by atoms with E-state index in [-0.39, 0.29) is 10.6 Å². The first kappa shape index (κ1) is 15.6. The molecule has 0 fully saturated rings. The minimum absolute atomic E-state index is 0.0509. The first-order valence-electron chi connectivity index (χ1n) is 5.32. The van der Waals surface area contributed by atoms with E-state index >= 15 is 0 Å². The minimum atomic E-state index is -4.16. The van der Waals surface area contributed by atoms with E-state index in [1.165, 1.54) is 18.2 Å². The van der Waals surface area contributed by atoms with Crippen molar-refractivity contribution in [1.29, 1.82) is 0 Å². The number of nitrogens with zero attached hydrogens (tertiary/aromatic N) is 1. The summed E-state index contributed by atoms with van der Waals surface area (Å²) in [6, 6.07) is 14.4. The first-order valence-corrected chi connectivity index (χ1v) is 6.76. The highest BCUT2D eigenvalue weighted by atomic mass is 32.2. The fraction of sp³-hybridized carbons (Fsp3) is 0. The summed E-state index contributed by atoms with van der Waals surface area (Å²) >= 11 is 0. The molecule has 8 heteroatoms. The molecule has 2 aromatic carbocycles. The highest BCUT2D eigenvalue weighted by molar-refractivity contribution is 7.86. The van der Waals surface area contributed by atoms with E-state index in [4.69, 9.17) is 10.3 Å². The zero-order valence-corrected chi connectivity index (χ0v) is 11.0. The topological polar surface area (TPSA) is 119 Å². The predicted octanol–water partition coefficient (Wildman–Crippen LogP) is 2.26. The van der Waals surface area contributed by atoms with Crippen molar-refractivity contribution in [2.45, 2.75) is 4.90 Å². The van der Waals surface area contributed by atoms with Crippen LogP contribution in [0.4, 0.5) is 5.69 Å². The molecular weight excluding hydrogens is 284 g/mol. The van der Waals surface area contributed by atoms with Gasteiger partial charge >= 0.3 is 0 Å². The Bertz CT molecular complexity index is 659. The van der Waals surface area contributed by atoms with Crippen LogP contribution in [0.15, 0.2) is 64.8 Å². The Labute approximate surface area is 115 Å². The number of nitrogens with two attached hydrogens (primary N) is 1. The van der Waals surface area contributed by atoms with Gasteiger partial charge in [0.25, 0.3) is 10.1 Å². The van der Waals surface area contributed by atoms with E-state index in [1.54, 1.807) is 30.3 Å². The fourth-order valence-electron chi connectivity index (χ4n) is 1.24. The second-order valence-electron chi connectivity index (χ2n) is 3.49. The van der Waals surface area contributed by atoms with Crippen molar-refractivity contribution in [3.8, 4) is 5.75 Å². The minimum Gasteiger partial charge on any atom is -0.398 e. The maximum Gasteiger partial charge on any atom is 0.296 e. The van der Waals surface area contributed by atoms with Crippen molar-refractivity contribution >= 4 is 15.8 Å². The summed E-state index contributed by atoms with van der Waals surface area (Å²) < 4.78 is 29.6. The third kappa shape index (κ3) is 5.04. The summed E-state index contributed by atoms with van der Waals surface area (Å²) in [6.07, 6.45) is 0. The van der Waals surface area contributed by atoms with Gasteiger partial charge in [-0.2, -0.15) is 8.42 Å². The van der Waals surface area contributed by atoms with Gasteiger partial charge in [-0.3, -0.25) is 4.55 Å². The Morgan fingerprint density at radius 1 is 1.00 bits per heavy atom. The summed E-state index contributed by atoms with van der Waals surface area (Å²) in [6.45, 7) is 0. The molecule has 0 bridgehead atoms. The van der Waals surface area contributed by atoms with Gasteiger partial charge in [-0.05, 0) is 24.3 Å². The molecule has 0 aliphatic heterocycles. The Balaban J connectivity index is 0.000000204. The molecule has 0 spiro atoms. The van der Waals surface area contributed by atoms with E-state index in [0.717, 1.165) is 0 Å². The van der Waals surface area contributed by atoms with Gasteiger partial charge in [0.2, 0.25) is 0 Å². The Morgan fingerprint density at radius 3 is 2.00 bits per heavy atom. The van der Waals surface area contributed by atoms with Gasteiger partial charge in [-0.1, -0.05) is 30.3 Å². The van der Waals surface area contributed by atoms with Crippen LogP contribution in [0.1, 0.15) is 0 Å². The van der Waals surface area contributed by atoms with Crippen LogP contribution >= 0.6 is 0 Å². The maximum absolute atomic E-state index is 10.5. The lowest BCUT2D eigenvalue weighted by Crippen LogP contribution is -2.01. The second-order valence-corrected chi connectivity index (χ2v) is 4.88. The van der Waals surface area contributed by atoms with E-state index < -0.39 is 10.1 Å². The van der Waals surface area contributed by atoms with Gasteiger partial charge in [0.05, 0.1) is 5.69 Å². The molecule has 0 amide bonds. The van der Waals surface area contributed by atoms with Crippen LogP contribution < -0.4 is 10.6 Å². The molecule has 0 aliphatic carbocycles. The Morgan fingerprint density at radius 2 is 1.55 bits per heavy atom. The molecule has 0 unspecified atom stereocenters. The SMILES string of the molecule is Nc1ccccc1S(=O)(=O)O.O=NOc1ccccc1. The molecule has 3 N–H and O–H groups in total. The molecule has 0 atom stereocenters. The van der Waals surface area contributed by atoms with Crippen LogP contribution in [0, 0.1) is 4.91 Å². The normalized spacial score (nSPS) is 10.1. The van der Waals surface area contributed by atoms with E-state index in [2.05, 4.69) is 10.2 Å². The fourth-order valence-corrected chi connectivity index (χ4v) is 1.86. The molecule has 2 rings (SSSR count). The molecule has 0 saturated heterocycles. The molecule has 0 aromatic heterocycles. The Kier molecular flexibility index (Phi) is 5.63. The standard InChI is InChI=1S/C6H7NO3S.C6H5NO2/c7-5-3-1-2-4-6(5)11(8,9)10;8-7-9-6-4-2-1-3-5-6/h1-4H,7H2,(H,8,9,10);1-5H. The summed E-state index contributed by atoms with van der Waals surface area (Å²) in [5.74, 6) is 0.465. The van der Waals surface area contributed by atoms with Crippen molar-refractivity contribution < 1.29 is 17.8 Å². The molecule has 0 saturated carbocycles. The van der Waals surface area contributed by atoms with E-state index in [0.29, 0.717) is 5.75 Å². The lowest BCUT2D eigenvalue weighted by atomic mass is 10.3. The van der Waals surface area contributed by atoms with Crippen LogP contribution in [0.3, 0.4) is 0 Å². The van der Waals surface area contributed by atoms with Crippen molar-refractivity contribution in [1.82, 2.24) is 0 Å². The molecule has 2 aromatic rings. The quantitative estimate of drug-likeness (QED) is 0.388. The second kappa shape index (κ2) is 7.22. The predicted molar refractivity (Wildman–Crippen MR) is 73.5 cm³/mol. The van der Waals surface area contributed by atoms with Gasteiger partial charge in [0, 0.05) is 0 Å².